The highest BCUT2D eigenvalue weighted by Crippen LogP contribution is 2.43. The minimum atomic E-state index is -3.28. The molecule has 0 unspecified atom stereocenters. The molecule has 138 valence electrons. The Morgan fingerprint density at radius 1 is 0.852 bits per heavy atom. The molecule has 0 atom stereocenters. The Kier molecular flexibility index (Phi) is 4.15. The fourth-order valence-electron chi connectivity index (χ4n) is 3.06. The standard InChI is InChI=1S/C21H17FO4S/c1-13-3-4-15(9-19(13)22)18-11-21-20(25-12-26-21)10-17(18)14-5-7-16(8-6-14)27(2,23)24/h3-11H,12H2,1-2H3. The van der Waals surface area contributed by atoms with Gasteiger partial charge in [-0.3, -0.25) is 0 Å². The molecule has 0 saturated carbocycles. The summed E-state index contributed by atoms with van der Waals surface area (Å²) in [5.41, 5.74) is 3.67. The summed E-state index contributed by atoms with van der Waals surface area (Å²) < 4.78 is 48.5. The molecular formula is C21H17FO4S. The van der Waals surface area contributed by atoms with E-state index in [0.717, 1.165) is 16.7 Å². The van der Waals surface area contributed by atoms with Crippen LogP contribution in [0.5, 0.6) is 11.5 Å². The van der Waals surface area contributed by atoms with E-state index in [1.807, 2.05) is 18.2 Å². The third-order valence-electron chi connectivity index (χ3n) is 4.59. The van der Waals surface area contributed by atoms with Crippen molar-refractivity contribution in [2.75, 3.05) is 13.0 Å². The van der Waals surface area contributed by atoms with Crippen LogP contribution >= 0.6 is 0 Å². The highest BCUT2D eigenvalue weighted by Gasteiger charge is 2.20. The predicted octanol–water partition coefficient (Wildman–Crippen LogP) is 4.60. The number of fused-ring (bicyclic) bond motifs is 1. The maximum absolute atomic E-state index is 14.1. The van der Waals surface area contributed by atoms with Gasteiger partial charge in [0, 0.05) is 6.26 Å². The number of ether oxygens (including phenoxy) is 2. The van der Waals surface area contributed by atoms with Crippen molar-refractivity contribution in [2.45, 2.75) is 11.8 Å². The Balaban J connectivity index is 1.90. The van der Waals surface area contributed by atoms with Gasteiger partial charge in [0.15, 0.2) is 21.3 Å². The fraction of sp³-hybridized carbons (Fsp3) is 0.143. The first-order chi connectivity index (χ1) is 12.8. The van der Waals surface area contributed by atoms with Crippen molar-refractivity contribution in [3.63, 3.8) is 0 Å². The fourth-order valence-corrected chi connectivity index (χ4v) is 3.69. The maximum Gasteiger partial charge on any atom is 0.231 e. The van der Waals surface area contributed by atoms with Crippen LogP contribution in [-0.4, -0.2) is 21.5 Å². The summed E-state index contributed by atoms with van der Waals surface area (Å²) >= 11 is 0. The van der Waals surface area contributed by atoms with E-state index in [0.29, 0.717) is 22.6 Å². The summed E-state index contributed by atoms with van der Waals surface area (Å²) in [6.45, 7) is 1.84. The summed E-state index contributed by atoms with van der Waals surface area (Å²) in [4.78, 5) is 0.245. The minimum Gasteiger partial charge on any atom is -0.454 e. The second-order valence-electron chi connectivity index (χ2n) is 6.51. The van der Waals surface area contributed by atoms with Crippen LogP contribution in [0.4, 0.5) is 4.39 Å². The van der Waals surface area contributed by atoms with Gasteiger partial charge in [-0.05, 0) is 65.1 Å². The molecule has 0 N–H and O–H groups in total. The molecule has 0 fully saturated rings. The van der Waals surface area contributed by atoms with Crippen LogP contribution in [0, 0.1) is 12.7 Å². The zero-order valence-electron chi connectivity index (χ0n) is 14.8. The molecule has 0 bridgehead atoms. The first-order valence-corrected chi connectivity index (χ1v) is 10.2. The van der Waals surface area contributed by atoms with Gasteiger partial charge in [-0.1, -0.05) is 24.3 Å². The van der Waals surface area contributed by atoms with Gasteiger partial charge in [-0.2, -0.15) is 0 Å². The molecule has 3 aromatic carbocycles. The van der Waals surface area contributed by atoms with Crippen LogP contribution in [-0.2, 0) is 9.84 Å². The molecule has 0 aromatic heterocycles. The lowest BCUT2D eigenvalue weighted by atomic mass is 9.93. The molecule has 1 aliphatic rings. The zero-order valence-corrected chi connectivity index (χ0v) is 15.6. The van der Waals surface area contributed by atoms with Gasteiger partial charge in [-0.15, -0.1) is 0 Å². The molecule has 0 amide bonds. The van der Waals surface area contributed by atoms with Gasteiger partial charge in [0.05, 0.1) is 4.90 Å². The summed E-state index contributed by atoms with van der Waals surface area (Å²) in [6, 6.07) is 15.3. The van der Waals surface area contributed by atoms with Crippen LogP contribution in [0.3, 0.4) is 0 Å². The number of benzene rings is 3. The van der Waals surface area contributed by atoms with Gasteiger partial charge in [-0.25, -0.2) is 12.8 Å². The Hall–Kier alpha value is -2.86. The molecule has 0 radical (unpaired) electrons. The molecule has 0 saturated heterocycles. The number of aryl methyl sites for hydroxylation is 1. The van der Waals surface area contributed by atoms with E-state index in [1.165, 1.54) is 12.3 Å². The van der Waals surface area contributed by atoms with Gasteiger partial charge in [0.25, 0.3) is 0 Å². The number of rotatable bonds is 3. The lowest BCUT2D eigenvalue weighted by molar-refractivity contribution is 0.174. The van der Waals surface area contributed by atoms with Crippen molar-refractivity contribution < 1.29 is 22.3 Å². The molecule has 4 rings (SSSR count). The maximum atomic E-state index is 14.1. The number of sulfone groups is 1. The third kappa shape index (κ3) is 3.28. The molecule has 1 aliphatic heterocycles. The van der Waals surface area contributed by atoms with E-state index < -0.39 is 9.84 Å². The van der Waals surface area contributed by atoms with E-state index in [4.69, 9.17) is 9.47 Å². The van der Waals surface area contributed by atoms with Crippen molar-refractivity contribution in [1.82, 2.24) is 0 Å². The third-order valence-corrected chi connectivity index (χ3v) is 5.72. The van der Waals surface area contributed by atoms with Crippen molar-refractivity contribution in [3.05, 3.63) is 66.0 Å². The number of halogens is 1. The first kappa shape index (κ1) is 17.5. The Morgan fingerprint density at radius 2 is 1.41 bits per heavy atom. The largest absolute Gasteiger partial charge is 0.454 e. The molecule has 4 nitrogen and oxygen atoms in total. The van der Waals surface area contributed by atoms with Gasteiger partial charge < -0.3 is 9.47 Å². The van der Waals surface area contributed by atoms with Gasteiger partial charge in [0.1, 0.15) is 5.82 Å². The van der Waals surface area contributed by atoms with Crippen molar-refractivity contribution in [1.29, 1.82) is 0 Å². The van der Waals surface area contributed by atoms with E-state index in [9.17, 15) is 12.8 Å². The molecule has 27 heavy (non-hydrogen) atoms. The Morgan fingerprint density at radius 3 is 1.96 bits per heavy atom. The SMILES string of the molecule is Cc1ccc(-c2cc3c(cc2-c2ccc(S(C)(=O)=O)cc2)OCO3)cc1F. The minimum absolute atomic E-state index is 0.132. The van der Waals surface area contributed by atoms with Crippen LogP contribution in [0.15, 0.2) is 59.5 Å². The average molecular weight is 384 g/mol. The van der Waals surface area contributed by atoms with E-state index in [-0.39, 0.29) is 17.5 Å². The second-order valence-corrected chi connectivity index (χ2v) is 8.53. The van der Waals surface area contributed by atoms with Gasteiger partial charge in [0.2, 0.25) is 6.79 Å². The molecule has 0 aliphatic carbocycles. The Labute approximate surface area is 157 Å². The summed E-state index contributed by atoms with van der Waals surface area (Å²) in [6.07, 6.45) is 1.17. The van der Waals surface area contributed by atoms with Crippen LogP contribution in [0.2, 0.25) is 0 Å². The van der Waals surface area contributed by atoms with Crippen LogP contribution in [0.1, 0.15) is 5.56 Å². The molecule has 1 heterocycles. The molecule has 3 aromatic rings. The van der Waals surface area contributed by atoms with E-state index >= 15 is 0 Å². The summed E-state index contributed by atoms with van der Waals surface area (Å²) in [7, 11) is -3.28. The lowest BCUT2D eigenvalue weighted by Crippen LogP contribution is -1.96. The molecule has 6 heteroatoms. The van der Waals surface area contributed by atoms with Crippen molar-refractivity contribution in [2.24, 2.45) is 0 Å². The lowest BCUT2D eigenvalue weighted by Gasteiger charge is -2.13. The highest BCUT2D eigenvalue weighted by atomic mass is 32.2. The van der Waals surface area contributed by atoms with E-state index in [1.54, 1.807) is 37.3 Å². The number of hydrogen-bond donors (Lipinski definition) is 0. The highest BCUT2D eigenvalue weighted by molar-refractivity contribution is 7.90. The van der Waals surface area contributed by atoms with E-state index in [2.05, 4.69) is 0 Å². The smallest absolute Gasteiger partial charge is 0.231 e. The Bertz CT molecular complexity index is 1140. The molecule has 0 spiro atoms. The first-order valence-electron chi connectivity index (χ1n) is 8.33. The number of hydrogen-bond acceptors (Lipinski definition) is 4. The summed E-state index contributed by atoms with van der Waals surface area (Å²) in [5, 5.41) is 0. The normalized spacial score (nSPS) is 13.0. The monoisotopic (exact) mass is 384 g/mol. The quantitative estimate of drug-likeness (QED) is 0.662. The second kappa shape index (κ2) is 6.39. The van der Waals surface area contributed by atoms with Crippen LogP contribution in [0.25, 0.3) is 22.3 Å². The molecular weight excluding hydrogens is 367 g/mol. The average Bonchev–Trinajstić information content (AvgIpc) is 3.10. The van der Waals surface area contributed by atoms with Crippen molar-refractivity contribution in [3.8, 4) is 33.8 Å². The topological polar surface area (TPSA) is 52.6 Å². The van der Waals surface area contributed by atoms with Gasteiger partial charge >= 0.3 is 0 Å². The van der Waals surface area contributed by atoms with Crippen LogP contribution < -0.4 is 9.47 Å². The zero-order chi connectivity index (χ0) is 19.2. The van der Waals surface area contributed by atoms with Crippen molar-refractivity contribution >= 4 is 9.84 Å². The predicted molar refractivity (Wildman–Crippen MR) is 101 cm³/mol. The summed E-state index contributed by atoms with van der Waals surface area (Å²) in [5.74, 6) is 0.916.